The zero-order chi connectivity index (χ0) is 7.72. The number of alkyl halides is 2. The molecule has 1 rings (SSSR count). The molecular weight excluding hydrogens is 253 g/mol. The van der Waals surface area contributed by atoms with Gasteiger partial charge in [0.05, 0.1) is 3.57 Å². The van der Waals surface area contributed by atoms with Crippen LogP contribution in [0.25, 0.3) is 0 Å². The van der Waals surface area contributed by atoms with Crippen LogP contribution in [0, 0.1) is 3.57 Å². The summed E-state index contributed by atoms with van der Waals surface area (Å²) in [6, 6.07) is 0. The Labute approximate surface area is 70.4 Å². The van der Waals surface area contributed by atoms with Gasteiger partial charge in [-0.1, -0.05) is 0 Å². The predicted molar refractivity (Wildman–Crippen MR) is 40.9 cm³/mol. The highest BCUT2D eigenvalue weighted by Crippen LogP contribution is 2.21. The summed E-state index contributed by atoms with van der Waals surface area (Å²) in [7, 11) is 1.62. The van der Waals surface area contributed by atoms with Gasteiger partial charge in [-0.3, -0.25) is 4.68 Å². The molecule has 1 aromatic rings. The molecule has 0 amide bonds. The number of aryl methyl sites for hydroxylation is 1. The van der Waals surface area contributed by atoms with E-state index in [0.717, 1.165) is 0 Å². The lowest BCUT2D eigenvalue weighted by molar-refractivity contribution is 0.144. The first kappa shape index (κ1) is 7.90. The van der Waals surface area contributed by atoms with E-state index < -0.39 is 6.43 Å². The molecule has 1 heterocycles. The fourth-order valence-corrected chi connectivity index (χ4v) is 1.37. The van der Waals surface area contributed by atoms with Gasteiger partial charge in [-0.05, 0) is 22.6 Å². The molecule has 0 spiro atoms. The van der Waals surface area contributed by atoms with Gasteiger partial charge in [-0.25, -0.2) is 8.78 Å². The van der Waals surface area contributed by atoms with E-state index in [9.17, 15) is 8.78 Å². The predicted octanol–water partition coefficient (Wildman–Crippen LogP) is 1.96. The molecule has 5 heteroatoms. The van der Waals surface area contributed by atoms with Crippen LogP contribution in [0.2, 0.25) is 0 Å². The molecule has 0 atom stereocenters. The molecule has 0 fully saturated rings. The van der Waals surface area contributed by atoms with Crippen molar-refractivity contribution in [2.24, 2.45) is 7.05 Å². The first-order valence-corrected chi connectivity index (χ1v) is 3.66. The molecule has 0 aliphatic carbocycles. The van der Waals surface area contributed by atoms with Crippen LogP contribution in [-0.2, 0) is 7.05 Å². The number of halogens is 3. The number of hydrogen-bond acceptors (Lipinski definition) is 1. The van der Waals surface area contributed by atoms with Gasteiger partial charge in [0.15, 0.2) is 0 Å². The molecule has 0 unspecified atom stereocenters. The van der Waals surface area contributed by atoms with Crippen LogP contribution in [0.15, 0.2) is 6.20 Å². The SMILES string of the molecule is Cn1cc(I)c(C(F)F)n1. The van der Waals surface area contributed by atoms with Crippen LogP contribution in [0.4, 0.5) is 8.78 Å². The van der Waals surface area contributed by atoms with Gasteiger partial charge in [-0.15, -0.1) is 0 Å². The van der Waals surface area contributed by atoms with Gasteiger partial charge >= 0.3 is 0 Å². The number of rotatable bonds is 1. The summed E-state index contributed by atoms with van der Waals surface area (Å²) in [4.78, 5) is 0. The van der Waals surface area contributed by atoms with Crippen molar-refractivity contribution in [1.82, 2.24) is 9.78 Å². The highest BCUT2D eigenvalue weighted by Gasteiger charge is 2.14. The Hall–Kier alpha value is -0.200. The summed E-state index contributed by atoms with van der Waals surface area (Å²) < 4.78 is 25.8. The molecule has 0 saturated carbocycles. The van der Waals surface area contributed by atoms with Crippen molar-refractivity contribution < 1.29 is 8.78 Å². The second-order valence-corrected chi connectivity index (χ2v) is 3.00. The van der Waals surface area contributed by atoms with E-state index in [2.05, 4.69) is 5.10 Å². The molecule has 0 aromatic carbocycles. The molecule has 0 N–H and O–H groups in total. The molecule has 0 saturated heterocycles. The highest BCUT2D eigenvalue weighted by molar-refractivity contribution is 14.1. The fraction of sp³-hybridized carbons (Fsp3) is 0.400. The topological polar surface area (TPSA) is 17.8 Å². The van der Waals surface area contributed by atoms with Crippen LogP contribution >= 0.6 is 22.6 Å². The maximum Gasteiger partial charge on any atom is 0.283 e. The van der Waals surface area contributed by atoms with Crippen LogP contribution in [0.1, 0.15) is 12.1 Å². The van der Waals surface area contributed by atoms with E-state index in [1.807, 2.05) is 22.6 Å². The number of nitrogens with zero attached hydrogens (tertiary/aromatic N) is 2. The third-order valence-electron chi connectivity index (χ3n) is 1.02. The minimum Gasteiger partial charge on any atom is -0.274 e. The minimum atomic E-state index is -2.46. The summed E-state index contributed by atoms with van der Waals surface area (Å²) in [5.41, 5.74) is -0.136. The van der Waals surface area contributed by atoms with Gasteiger partial charge in [0.25, 0.3) is 6.43 Å². The largest absolute Gasteiger partial charge is 0.283 e. The summed E-state index contributed by atoms with van der Waals surface area (Å²) >= 11 is 1.83. The van der Waals surface area contributed by atoms with Crippen molar-refractivity contribution in [2.75, 3.05) is 0 Å². The van der Waals surface area contributed by atoms with Gasteiger partial charge in [0, 0.05) is 13.2 Å². The van der Waals surface area contributed by atoms with E-state index in [-0.39, 0.29) is 5.69 Å². The van der Waals surface area contributed by atoms with Crippen molar-refractivity contribution >= 4 is 22.6 Å². The Morgan fingerprint density at radius 3 is 2.50 bits per heavy atom. The van der Waals surface area contributed by atoms with Gasteiger partial charge in [0.1, 0.15) is 5.69 Å². The fourth-order valence-electron chi connectivity index (χ4n) is 0.625. The van der Waals surface area contributed by atoms with Crippen molar-refractivity contribution in [3.8, 4) is 0 Å². The molecule has 2 nitrogen and oxygen atoms in total. The Bertz CT molecular complexity index is 234. The quantitative estimate of drug-likeness (QED) is 0.704. The van der Waals surface area contributed by atoms with Crippen LogP contribution in [0.5, 0.6) is 0 Å². The molecule has 0 aliphatic rings. The van der Waals surface area contributed by atoms with Crippen LogP contribution in [0.3, 0.4) is 0 Å². The Morgan fingerprint density at radius 2 is 2.30 bits per heavy atom. The molecule has 0 aliphatic heterocycles. The van der Waals surface area contributed by atoms with E-state index in [4.69, 9.17) is 0 Å². The van der Waals surface area contributed by atoms with E-state index >= 15 is 0 Å². The van der Waals surface area contributed by atoms with Crippen LogP contribution in [-0.4, -0.2) is 9.78 Å². The monoisotopic (exact) mass is 258 g/mol. The standard InChI is InChI=1S/C5H5F2IN2/c1-10-2-3(8)4(9-10)5(6)7/h2,5H,1H3. The maximum absolute atomic E-state index is 12.0. The van der Waals surface area contributed by atoms with Crippen molar-refractivity contribution in [1.29, 1.82) is 0 Å². The highest BCUT2D eigenvalue weighted by atomic mass is 127. The number of aromatic nitrogens is 2. The van der Waals surface area contributed by atoms with Crippen molar-refractivity contribution in [3.05, 3.63) is 15.5 Å². The number of hydrogen-bond donors (Lipinski definition) is 0. The Kier molecular flexibility index (Phi) is 2.22. The first-order valence-electron chi connectivity index (χ1n) is 2.58. The molecule has 10 heavy (non-hydrogen) atoms. The first-order chi connectivity index (χ1) is 4.61. The average Bonchev–Trinajstić information content (AvgIpc) is 2.10. The molecule has 0 bridgehead atoms. The lowest BCUT2D eigenvalue weighted by Crippen LogP contribution is -1.91. The maximum atomic E-state index is 12.0. The summed E-state index contributed by atoms with van der Waals surface area (Å²) in [6.45, 7) is 0. The molecule has 0 radical (unpaired) electrons. The van der Waals surface area contributed by atoms with Gasteiger partial charge in [-0.2, -0.15) is 5.10 Å². The zero-order valence-electron chi connectivity index (χ0n) is 5.18. The zero-order valence-corrected chi connectivity index (χ0v) is 7.34. The molecular formula is C5H5F2IN2. The smallest absolute Gasteiger partial charge is 0.274 e. The average molecular weight is 258 g/mol. The third kappa shape index (κ3) is 1.44. The Balaban J connectivity index is 3.03. The van der Waals surface area contributed by atoms with Crippen molar-refractivity contribution in [2.45, 2.75) is 6.43 Å². The van der Waals surface area contributed by atoms with Crippen LogP contribution < -0.4 is 0 Å². The minimum absolute atomic E-state index is 0.136. The summed E-state index contributed by atoms with van der Waals surface area (Å²) in [5, 5.41) is 3.57. The van der Waals surface area contributed by atoms with Gasteiger partial charge < -0.3 is 0 Å². The summed E-state index contributed by atoms with van der Waals surface area (Å²) in [6.07, 6.45) is -0.907. The normalized spacial score (nSPS) is 10.9. The summed E-state index contributed by atoms with van der Waals surface area (Å²) in [5.74, 6) is 0. The van der Waals surface area contributed by atoms with E-state index in [1.165, 1.54) is 4.68 Å². The van der Waals surface area contributed by atoms with Crippen molar-refractivity contribution in [3.63, 3.8) is 0 Å². The lowest BCUT2D eigenvalue weighted by atomic mass is 10.5. The second kappa shape index (κ2) is 2.81. The third-order valence-corrected chi connectivity index (χ3v) is 1.85. The Morgan fingerprint density at radius 1 is 1.70 bits per heavy atom. The lowest BCUT2D eigenvalue weighted by Gasteiger charge is -1.90. The molecule has 56 valence electrons. The van der Waals surface area contributed by atoms with E-state index in [0.29, 0.717) is 3.57 Å². The van der Waals surface area contributed by atoms with Gasteiger partial charge in [0.2, 0.25) is 0 Å². The molecule has 1 aromatic heterocycles. The second-order valence-electron chi connectivity index (χ2n) is 1.84. The van der Waals surface area contributed by atoms with E-state index in [1.54, 1.807) is 13.2 Å².